The molecule has 0 aromatic carbocycles. The maximum atomic E-state index is 5.92. The predicted octanol–water partition coefficient (Wildman–Crippen LogP) is 3.42. The van der Waals surface area contributed by atoms with E-state index in [1.807, 2.05) is 6.07 Å². The van der Waals surface area contributed by atoms with Crippen molar-refractivity contribution in [3.63, 3.8) is 0 Å². The van der Waals surface area contributed by atoms with Gasteiger partial charge < -0.3 is 4.90 Å². The summed E-state index contributed by atoms with van der Waals surface area (Å²) in [6, 6.07) is 4.05. The van der Waals surface area contributed by atoms with Gasteiger partial charge in [-0.05, 0) is 54.2 Å². The van der Waals surface area contributed by atoms with Gasteiger partial charge in [-0.2, -0.15) is 5.10 Å². The van der Waals surface area contributed by atoms with E-state index in [2.05, 4.69) is 63.2 Å². The molecule has 1 aliphatic carbocycles. The van der Waals surface area contributed by atoms with Crippen LogP contribution in [0.2, 0.25) is 5.15 Å². The summed E-state index contributed by atoms with van der Waals surface area (Å²) in [4.78, 5) is 6.81. The summed E-state index contributed by atoms with van der Waals surface area (Å²) in [6.07, 6.45) is 7.50. The van der Waals surface area contributed by atoms with Crippen molar-refractivity contribution in [2.24, 2.45) is 0 Å². The van der Waals surface area contributed by atoms with Gasteiger partial charge in [-0.1, -0.05) is 29.8 Å². The molecule has 6 heteroatoms. The van der Waals surface area contributed by atoms with Crippen molar-refractivity contribution in [2.45, 2.75) is 12.5 Å². The lowest BCUT2D eigenvalue weighted by molar-refractivity contribution is 0.344. The van der Waals surface area contributed by atoms with E-state index in [0.717, 1.165) is 27.9 Å². The molecule has 20 heavy (non-hydrogen) atoms. The second-order valence-corrected chi connectivity index (χ2v) is 6.10. The molecule has 0 saturated carbocycles. The molecule has 0 spiro atoms. The van der Waals surface area contributed by atoms with Crippen LogP contribution in [0.4, 0.5) is 0 Å². The highest BCUT2D eigenvalue weighted by molar-refractivity contribution is 9.10. The summed E-state index contributed by atoms with van der Waals surface area (Å²) in [6.45, 7) is 0. The Morgan fingerprint density at radius 2 is 2.20 bits per heavy atom. The largest absolute Gasteiger partial charge is 0.303 e. The maximum absolute atomic E-state index is 5.92. The Morgan fingerprint density at radius 3 is 2.85 bits per heavy atom. The smallest absolute Gasteiger partial charge is 0.155 e. The van der Waals surface area contributed by atoms with Crippen LogP contribution in [0.15, 0.2) is 35.0 Å². The molecule has 0 fully saturated rings. The fourth-order valence-electron chi connectivity index (χ4n) is 2.24. The lowest BCUT2D eigenvalue weighted by Gasteiger charge is -2.22. The van der Waals surface area contributed by atoms with Gasteiger partial charge in [-0.3, -0.25) is 0 Å². The fraction of sp³-hybridized carbons (Fsp3) is 0.286. The van der Waals surface area contributed by atoms with Gasteiger partial charge in [0.2, 0.25) is 0 Å². The molecule has 2 aromatic heterocycles. The molecule has 2 heterocycles. The Labute approximate surface area is 130 Å². The molecule has 104 valence electrons. The van der Waals surface area contributed by atoms with E-state index in [1.54, 1.807) is 10.6 Å². The molecule has 1 aliphatic rings. The van der Waals surface area contributed by atoms with E-state index in [1.165, 1.54) is 0 Å². The van der Waals surface area contributed by atoms with E-state index < -0.39 is 0 Å². The molecular weight excluding hydrogens is 340 g/mol. The van der Waals surface area contributed by atoms with Gasteiger partial charge in [0.25, 0.3) is 0 Å². The SMILES string of the molecule is CN(C)C1C=CC(c2nc3ccc(Cl)nn3c2Br)=CC1. The number of hydrogen-bond donors (Lipinski definition) is 0. The molecule has 0 bridgehead atoms. The molecular formula is C14H14BrClN4. The summed E-state index contributed by atoms with van der Waals surface area (Å²) in [5.41, 5.74) is 2.78. The minimum atomic E-state index is 0.446. The second-order valence-electron chi connectivity index (χ2n) is 4.96. The van der Waals surface area contributed by atoms with E-state index in [4.69, 9.17) is 11.6 Å². The first-order valence-electron chi connectivity index (χ1n) is 6.32. The normalized spacial score (nSPS) is 18.9. The molecule has 0 amide bonds. The molecule has 4 nitrogen and oxygen atoms in total. The van der Waals surface area contributed by atoms with Gasteiger partial charge >= 0.3 is 0 Å². The van der Waals surface area contributed by atoms with Crippen molar-refractivity contribution < 1.29 is 0 Å². The molecule has 3 rings (SSSR count). The quantitative estimate of drug-likeness (QED) is 0.829. The van der Waals surface area contributed by atoms with Crippen LogP contribution in [0.5, 0.6) is 0 Å². The van der Waals surface area contributed by atoms with Crippen molar-refractivity contribution in [1.29, 1.82) is 0 Å². The van der Waals surface area contributed by atoms with Crippen molar-refractivity contribution in [1.82, 2.24) is 19.5 Å². The number of imidazole rings is 1. The zero-order valence-corrected chi connectivity index (χ0v) is 13.6. The van der Waals surface area contributed by atoms with Crippen molar-refractivity contribution in [3.05, 3.63) is 45.8 Å². The number of nitrogens with zero attached hydrogens (tertiary/aromatic N) is 4. The number of hydrogen-bond acceptors (Lipinski definition) is 3. The summed E-state index contributed by atoms with van der Waals surface area (Å²) in [5, 5.41) is 4.69. The standard InChI is InChI=1S/C14H14BrClN4/c1-19(2)10-5-3-9(4-6-10)13-14(15)20-12(17-13)8-7-11(16)18-20/h3-5,7-8,10H,6H2,1-2H3. The lowest BCUT2D eigenvalue weighted by Crippen LogP contribution is -2.26. The van der Waals surface area contributed by atoms with Gasteiger partial charge in [-0.25, -0.2) is 9.50 Å². The van der Waals surface area contributed by atoms with Gasteiger partial charge in [0.15, 0.2) is 5.65 Å². The Bertz CT molecular complexity index is 717. The van der Waals surface area contributed by atoms with Crippen LogP contribution in [-0.4, -0.2) is 39.6 Å². The monoisotopic (exact) mass is 352 g/mol. The van der Waals surface area contributed by atoms with E-state index >= 15 is 0 Å². The zero-order valence-electron chi connectivity index (χ0n) is 11.2. The van der Waals surface area contributed by atoms with E-state index in [0.29, 0.717) is 11.2 Å². The van der Waals surface area contributed by atoms with E-state index in [9.17, 15) is 0 Å². The molecule has 0 radical (unpaired) electrons. The molecule has 1 atom stereocenters. The molecule has 0 N–H and O–H groups in total. The molecule has 1 unspecified atom stereocenters. The number of rotatable bonds is 2. The van der Waals surface area contributed by atoms with Crippen LogP contribution in [0, 0.1) is 0 Å². The Morgan fingerprint density at radius 1 is 1.40 bits per heavy atom. The minimum absolute atomic E-state index is 0.446. The van der Waals surface area contributed by atoms with Gasteiger partial charge in [0.05, 0.1) is 0 Å². The van der Waals surface area contributed by atoms with Crippen molar-refractivity contribution >= 4 is 38.8 Å². The van der Waals surface area contributed by atoms with Crippen LogP contribution >= 0.6 is 27.5 Å². The maximum Gasteiger partial charge on any atom is 0.155 e. The highest BCUT2D eigenvalue weighted by Crippen LogP contribution is 2.29. The van der Waals surface area contributed by atoms with Gasteiger partial charge in [0, 0.05) is 6.04 Å². The van der Waals surface area contributed by atoms with Gasteiger partial charge in [-0.15, -0.1) is 0 Å². The predicted molar refractivity (Wildman–Crippen MR) is 84.9 cm³/mol. The Balaban J connectivity index is 2.00. The average molecular weight is 354 g/mol. The first kappa shape index (κ1) is 13.8. The number of allylic oxidation sites excluding steroid dienone is 2. The van der Waals surface area contributed by atoms with Crippen molar-refractivity contribution in [3.8, 4) is 0 Å². The number of halogens is 2. The topological polar surface area (TPSA) is 33.4 Å². The second kappa shape index (κ2) is 5.31. The Kier molecular flexibility index (Phi) is 3.67. The summed E-state index contributed by atoms with van der Waals surface area (Å²) in [7, 11) is 4.17. The minimum Gasteiger partial charge on any atom is -0.303 e. The third kappa shape index (κ3) is 2.41. The van der Waals surface area contributed by atoms with Crippen LogP contribution in [0.25, 0.3) is 11.2 Å². The summed E-state index contributed by atoms with van der Waals surface area (Å²) >= 11 is 9.48. The third-order valence-corrected chi connectivity index (χ3v) is 4.32. The van der Waals surface area contributed by atoms with Crippen LogP contribution in [0.3, 0.4) is 0 Å². The molecule has 2 aromatic rings. The average Bonchev–Trinajstić information content (AvgIpc) is 2.76. The fourth-order valence-corrected chi connectivity index (χ4v) is 2.95. The first-order chi connectivity index (χ1) is 9.56. The van der Waals surface area contributed by atoms with Crippen LogP contribution in [-0.2, 0) is 0 Å². The van der Waals surface area contributed by atoms with Crippen molar-refractivity contribution in [2.75, 3.05) is 14.1 Å². The van der Waals surface area contributed by atoms with Crippen LogP contribution in [0.1, 0.15) is 12.1 Å². The summed E-state index contributed by atoms with van der Waals surface area (Å²) < 4.78 is 2.54. The highest BCUT2D eigenvalue weighted by Gasteiger charge is 2.17. The number of fused-ring (bicyclic) bond motifs is 1. The molecule has 0 saturated heterocycles. The highest BCUT2D eigenvalue weighted by atomic mass is 79.9. The summed E-state index contributed by atoms with van der Waals surface area (Å²) in [5.74, 6) is 0. The first-order valence-corrected chi connectivity index (χ1v) is 7.49. The lowest BCUT2D eigenvalue weighted by atomic mass is 10.0. The number of aromatic nitrogens is 3. The zero-order chi connectivity index (χ0) is 14.3. The van der Waals surface area contributed by atoms with Gasteiger partial charge in [0.1, 0.15) is 15.5 Å². The van der Waals surface area contributed by atoms with Crippen LogP contribution < -0.4 is 0 Å². The third-order valence-electron chi connectivity index (χ3n) is 3.40. The molecule has 0 aliphatic heterocycles. The van der Waals surface area contributed by atoms with E-state index in [-0.39, 0.29) is 0 Å². The Hall–Kier alpha value is -1.17. The number of likely N-dealkylation sites (N-methyl/N-ethyl adjacent to an activating group) is 1.